The van der Waals surface area contributed by atoms with Crippen LogP contribution in [0.1, 0.15) is 20.3 Å². The fraction of sp³-hybridized carbons (Fsp3) is 1.00. The molecular formula is C8H18O5. The van der Waals surface area contributed by atoms with Crippen LogP contribution in [0.25, 0.3) is 0 Å². The van der Waals surface area contributed by atoms with Gasteiger partial charge < -0.3 is 25.2 Å². The van der Waals surface area contributed by atoms with Gasteiger partial charge in [-0.3, -0.25) is 0 Å². The Kier molecular flexibility index (Phi) is 5.43. The van der Waals surface area contributed by atoms with Crippen molar-refractivity contribution in [2.24, 2.45) is 0 Å². The highest BCUT2D eigenvalue weighted by molar-refractivity contribution is 4.73. The summed E-state index contributed by atoms with van der Waals surface area (Å²) in [6.45, 7) is 3.10. The van der Waals surface area contributed by atoms with Crippen molar-refractivity contribution >= 4 is 0 Å². The van der Waals surface area contributed by atoms with Crippen LogP contribution < -0.4 is 0 Å². The lowest BCUT2D eigenvalue weighted by Crippen LogP contribution is -2.24. The van der Waals surface area contributed by atoms with E-state index >= 15 is 0 Å². The van der Waals surface area contributed by atoms with Gasteiger partial charge in [-0.2, -0.15) is 0 Å². The number of ether oxygens (including phenoxy) is 1. The quantitative estimate of drug-likeness (QED) is 0.395. The monoisotopic (exact) mass is 194 g/mol. The smallest absolute Gasteiger partial charge is 0.156 e. The number of hydrogen-bond acceptors (Lipinski definition) is 5. The number of hydrogen-bond donors (Lipinski definition) is 4. The maximum atomic E-state index is 8.90. The van der Waals surface area contributed by atoms with E-state index in [1.54, 1.807) is 0 Å². The SMILES string of the molecule is CC(C)(O)O.OCC1OCCC1O. The molecule has 13 heavy (non-hydrogen) atoms. The van der Waals surface area contributed by atoms with Crippen molar-refractivity contribution in [1.29, 1.82) is 0 Å². The zero-order valence-electron chi connectivity index (χ0n) is 7.97. The Labute approximate surface area is 77.6 Å². The van der Waals surface area contributed by atoms with Gasteiger partial charge in [0.25, 0.3) is 0 Å². The van der Waals surface area contributed by atoms with Gasteiger partial charge >= 0.3 is 0 Å². The van der Waals surface area contributed by atoms with Crippen molar-refractivity contribution < 1.29 is 25.2 Å². The molecule has 1 rings (SSSR count). The van der Waals surface area contributed by atoms with Gasteiger partial charge in [0.15, 0.2) is 5.79 Å². The molecule has 2 atom stereocenters. The van der Waals surface area contributed by atoms with Crippen LogP contribution in [0.2, 0.25) is 0 Å². The molecule has 5 heteroatoms. The molecule has 1 heterocycles. The predicted octanol–water partition coefficient (Wildman–Crippen LogP) is -1.16. The molecule has 1 aliphatic rings. The molecule has 0 spiro atoms. The van der Waals surface area contributed by atoms with Crippen molar-refractivity contribution in [2.75, 3.05) is 13.2 Å². The number of aliphatic hydroxyl groups excluding tert-OH is 2. The topological polar surface area (TPSA) is 90.2 Å². The Morgan fingerprint density at radius 3 is 2.00 bits per heavy atom. The first-order valence-electron chi connectivity index (χ1n) is 4.20. The Hall–Kier alpha value is -0.200. The minimum atomic E-state index is -1.50. The van der Waals surface area contributed by atoms with Crippen LogP contribution in [0.5, 0.6) is 0 Å². The Morgan fingerprint density at radius 1 is 1.38 bits per heavy atom. The molecule has 0 aromatic carbocycles. The summed E-state index contributed by atoms with van der Waals surface area (Å²) >= 11 is 0. The van der Waals surface area contributed by atoms with Crippen molar-refractivity contribution in [3.05, 3.63) is 0 Å². The molecular weight excluding hydrogens is 176 g/mol. The van der Waals surface area contributed by atoms with E-state index in [2.05, 4.69) is 0 Å². The van der Waals surface area contributed by atoms with Gasteiger partial charge in [0.2, 0.25) is 0 Å². The van der Waals surface area contributed by atoms with Gasteiger partial charge in [-0.1, -0.05) is 0 Å². The highest BCUT2D eigenvalue weighted by Crippen LogP contribution is 2.11. The minimum absolute atomic E-state index is 0.0683. The molecule has 80 valence electrons. The normalized spacial score (nSPS) is 28.2. The third kappa shape index (κ3) is 8.14. The molecule has 0 saturated carbocycles. The highest BCUT2D eigenvalue weighted by atomic mass is 16.5. The van der Waals surface area contributed by atoms with E-state index in [4.69, 9.17) is 25.2 Å². The fourth-order valence-electron chi connectivity index (χ4n) is 0.812. The molecule has 1 saturated heterocycles. The largest absolute Gasteiger partial charge is 0.394 e. The van der Waals surface area contributed by atoms with Crippen molar-refractivity contribution in [3.63, 3.8) is 0 Å². The van der Waals surface area contributed by atoms with E-state index in [0.29, 0.717) is 13.0 Å². The van der Waals surface area contributed by atoms with Crippen molar-refractivity contribution in [3.8, 4) is 0 Å². The summed E-state index contributed by atoms with van der Waals surface area (Å²) in [6, 6.07) is 0. The Bertz CT molecular complexity index is 125. The van der Waals surface area contributed by atoms with Gasteiger partial charge in [-0.05, 0) is 20.3 Å². The lowest BCUT2D eigenvalue weighted by Gasteiger charge is -2.07. The second-order valence-electron chi connectivity index (χ2n) is 3.44. The fourth-order valence-corrected chi connectivity index (χ4v) is 0.812. The molecule has 5 nitrogen and oxygen atoms in total. The maximum absolute atomic E-state index is 8.90. The minimum Gasteiger partial charge on any atom is -0.394 e. The summed E-state index contributed by atoms with van der Waals surface area (Å²) in [6.07, 6.45) is -0.111. The van der Waals surface area contributed by atoms with Crippen LogP contribution in [-0.4, -0.2) is 51.6 Å². The van der Waals surface area contributed by atoms with Crippen molar-refractivity contribution in [2.45, 2.75) is 38.3 Å². The van der Waals surface area contributed by atoms with E-state index < -0.39 is 11.9 Å². The molecule has 0 aromatic rings. The van der Waals surface area contributed by atoms with E-state index in [1.807, 2.05) is 0 Å². The van der Waals surface area contributed by atoms with Crippen LogP contribution in [0.3, 0.4) is 0 Å². The molecule has 1 fully saturated rings. The molecule has 0 aromatic heterocycles. The summed E-state index contributed by atoms with van der Waals surface area (Å²) in [4.78, 5) is 0. The summed E-state index contributed by atoms with van der Waals surface area (Å²) in [5.41, 5.74) is 0. The molecule has 1 aliphatic heterocycles. The predicted molar refractivity (Wildman–Crippen MR) is 46.0 cm³/mol. The van der Waals surface area contributed by atoms with Crippen LogP contribution >= 0.6 is 0 Å². The Balaban J connectivity index is 0.000000252. The highest BCUT2D eigenvalue weighted by Gasteiger charge is 2.24. The number of aliphatic hydroxyl groups is 4. The summed E-state index contributed by atoms with van der Waals surface area (Å²) in [7, 11) is 0. The molecule has 0 amide bonds. The van der Waals surface area contributed by atoms with E-state index in [-0.39, 0.29) is 12.7 Å². The lowest BCUT2D eigenvalue weighted by molar-refractivity contribution is -0.127. The van der Waals surface area contributed by atoms with E-state index in [0.717, 1.165) is 0 Å². The second-order valence-corrected chi connectivity index (χ2v) is 3.44. The average Bonchev–Trinajstić information content (AvgIpc) is 2.31. The second kappa shape index (κ2) is 5.51. The van der Waals surface area contributed by atoms with Crippen LogP contribution in [-0.2, 0) is 4.74 Å². The van der Waals surface area contributed by atoms with Crippen LogP contribution in [0.15, 0.2) is 0 Å². The standard InChI is InChI=1S/C5H10O3.C3H8O2/c6-3-5-4(7)1-2-8-5;1-3(2,4)5/h4-7H,1-3H2;4-5H,1-2H3. The third-order valence-electron chi connectivity index (χ3n) is 1.35. The van der Waals surface area contributed by atoms with E-state index in [1.165, 1.54) is 13.8 Å². The van der Waals surface area contributed by atoms with Gasteiger partial charge in [-0.25, -0.2) is 0 Å². The maximum Gasteiger partial charge on any atom is 0.156 e. The van der Waals surface area contributed by atoms with Crippen LogP contribution in [0, 0.1) is 0 Å². The first-order valence-corrected chi connectivity index (χ1v) is 4.20. The zero-order valence-corrected chi connectivity index (χ0v) is 7.97. The van der Waals surface area contributed by atoms with Gasteiger partial charge in [0, 0.05) is 6.61 Å². The molecule has 4 N–H and O–H groups in total. The molecule has 0 bridgehead atoms. The first kappa shape index (κ1) is 12.8. The third-order valence-corrected chi connectivity index (χ3v) is 1.35. The van der Waals surface area contributed by atoms with Gasteiger partial charge in [0.1, 0.15) is 6.10 Å². The van der Waals surface area contributed by atoms with Gasteiger partial charge in [0.05, 0.1) is 12.7 Å². The molecule has 2 unspecified atom stereocenters. The lowest BCUT2D eigenvalue weighted by atomic mass is 10.2. The first-order chi connectivity index (χ1) is 5.84. The molecule has 0 radical (unpaired) electrons. The van der Waals surface area contributed by atoms with Crippen LogP contribution in [0.4, 0.5) is 0 Å². The number of rotatable bonds is 1. The molecule has 0 aliphatic carbocycles. The Morgan fingerprint density at radius 2 is 1.85 bits per heavy atom. The summed E-state index contributed by atoms with van der Waals surface area (Å²) in [5, 5.41) is 33.5. The van der Waals surface area contributed by atoms with Gasteiger partial charge in [-0.15, -0.1) is 0 Å². The van der Waals surface area contributed by atoms with Crippen molar-refractivity contribution in [1.82, 2.24) is 0 Å². The average molecular weight is 194 g/mol. The summed E-state index contributed by atoms with van der Waals surface area (Å²) < 4.78 is 4.91. The van der Waals surface area contributed by atoms with E-state index in [9.17, 15) is 0 Å². The summed E-state index contributed by atoms with van der Waals surface area (Å²) in [5.74, 6) is -1.50. The zero-order chi connectivity index (χ0) is 10.5.